The third-order valence-electron chi connectivity index (χ3n) is 3.10. The lowest BCUT2D eigenvalue weighted by Crippen LogP contribution is -2.28. The number of carbonyl (C=O) groups excluding carboxylic acids is 1. The molecule has 1 atom stereocenters. The van der Waals surface area contributed by atoms with Crippen molar-refractivity contribution in [2.45, 2.75) is 19.4 Å². The van der Waals surface area contributed by atoms with E-state index >= 15 is 0 Å². The van der Waals surface area contributed by atoms with Crippen molar-refractivity contribution in [1.29, 1.82) is 0 Å². The summed E-state index contributed by atoms with van der Waals surface area (Å²) >= 11 is 0. The lowest BCUT2D eigenvalue weighted by molar-refractivity contribution is -0.118. The molecule has 5 heteroatoms. The maximum atomic E-state index is 11.9. The maximum Gasteiger partial charge on any atom is 0.169 e. The summed E-state index contributed by atoms with van der Waals surface area (Å²) in [6.07, 6.45) is 0.139. The molecule has 0 fully saturated rings. The fraction of sp³-hybridized carbons (Fsp3) is 0.308. The van der Waals surface area contributed by atoms with Crippen molar-refractivity contribution in [1.82, 2.24) is 0 Å². The molecular weight excluding hydrogens is 236 g/mol. The first-order chi connectivity index (χ1) is 8.56. The van der Waals surface area contributed by atoms with Gasteiger partial charge < -0.3 is 19.7 Å². The zero-order valence-corrected chi connectivity index (χ0v) is 9.77. The van der Waals surface area contributed by atoms with Crippen LogP contribution in [0.25, 0.3) is 5.76 Å². The van der Waals surface area contributed by atoms with Gasteiger partial charge in [0, 0.05) is 12.5 Å². The lowest BCUT2D eigenvalue weighted by atomic mass is 9.96. The molecule has 1 aromatic rings. The molecule has 0 radical (unpaired) electrons. The van der Waals surface area contributed by atoms with Crippen molar-refractivity contribution in [3.8, 4) is 17.2 Å². The van der Waals surface area contributed by atoms with Gasteiger partial charge in [-0.1, -0.05) is 0 Å². The second-order valence-corrected chi connectivity index (χ2v) is 4.49. The van der Waals surface area contributed by atoms with Crippen molar-refractivity contribution in [2.75, 3.05) is 6.61 Å². The van der Waals surface area contributed by atoms with Crippen LogP contribution in [0.1, 0.15) is 18.9 Å². The highest BCUT2D eigenvalue weighted by atomic mass is 16.5. The second-order valence-electron chi connectivity index (χ2n) is 4.49. The van der Waals surface area contributed by atoms with Gasteiger partial charge in [0.05, 0.1) is 11.1 Å². The molecule has 0 bridgehead atoms. The molecule has 0 unspecified atom stereocenters. The number of carbonyl (C=O) groups is 1. The lowest BCUT2D eigenvalue weighted by Gasteiger charge is -2.30. The van der Waals surface area contributed by atoms with E-state index in [4.69, 9.17) is 9.47 Å². The van der Waals surface area contributed by atoms with Gasteiger partial charge in [-0.05, 0) is 13.0 Å². The summed E-state index contributed by atoms with van der Waals surface area (Å²) in [6.45, 7) is 1.95. The van der Waals surface area contributed by atoms with E-state index in [1.165, 1.54) is 12.1 Å². The maximum absolute atomic E-state index is 11.9. The molecule has 2 N–H and O–H groups in total. The molecule has 1 aromatic carbocycles. The van der Waals surface area contributed by atoms with Gasteiger partial charge >= 0.3 is 0 Å². The van der Waals surface area contributed by atoms with Crippen LogP contribution in [0, 0.1) is 0 Å². The number of benzene rings is 1. The highest BCUT2D eigenvalue weighted by molar-refractivity contribution is 6.04. The van der Waals surface area contributed by atoms with Crippen LogP contribution < -0.4 is 4.74 Å². The van der Waals surface area contributed by atoms with Crippen molar-refractivity contribution in [2.24, 2.45) is 0 Å². The van der Waals surface area contributed by atoms with Gasteiger partial charge in [-0.2, -0.15) is 0 Å². The van der Waals surface area contributed by atoms with E-state index in [0.717, 1.165) is 0 Å². The van der Waals surface area contributed by atoms with Crippen LogP contribution in [-0.4, -0.2) is 28.7 Å². The topological polar surface area (TPSA) is 76.0 Å². The first kappa shape index (κ1) is 11.0. The normalized spacial score (nSPS) is 21.8. The predicted molar refractivity (Wildman–Crippen MR) is 62.4 cm³/mol. The zero-order valence-electron chi connectivity index (χ0n) is 9.77. The minimum atomic E-state index is -0.264. The molecule has 0 saturated heterocycles. The third-order valence-corrected chi connectivity index (χ3v) is 3.10. The first-order valence-corrected chi connectivity index (χ1v) is 5.68. The van der Waals surface area contributed by atoms with Crippen LogP contribution in [0.15, 0.2) is 17.7 Å². The number of ketones is 1. The Bertz CT molecular complexity index is 573. The molecule has 0 aromatic heterocycles. The monoisotopic (exact) mass is 248 g/mol. The van der Waals surface area contributed by atoms with Gasteiger partial charge in [-0.25, -0.2) is 0 Å². The molecule has 5 nitrogen and oxygen atoms in total. The average molecular weight is 248 g/mol. The number of phenols is 2. The van der Waals surface area contributed by atoms with Gasteiger partial charge in [0.2, 0.25) is 0 Å². The molecule has 3 rings (SSSR count). The van der Waals surface area contributed by atoms with Gasteiger partial charge in [0.25, 0.3) is 0 Å². The van der Waals surface area contributed by atoms with Crippen LogP contribution in [-0.2, 0) is 9.53 Å². The Morgan fingerprint density at radius 2 is 2.00 bits per heavy atom. The Hall–Kier alpha value is -2.17. The van der Waals surface area contributed by atoms with E-state index in [0.29, 0.717) is 29.1 Å². The van der Waals surface area contributed by atoms with Gasteiger partial charge in [0.1, 0.15) is 24.2 Å². The van der Waals surface area contributed by atoms with E-state index in [1.807, 2.05) is 6.92 Å². The van der Waals surface area contributed by atoms with Crippen molar-refractivity contribution >= 4 is 11.5 Å². The molecule has 0 amide bonds. The molecule has 0 aliphatic carbocycles. The fourth-order valence-corrected chi connectivity index (χ4v) is 2.20. The largest absolute Gasteiger partial charge is 0.504 e. The van der Waals surface area contributed by atoms with E-state index in [9.17, 15) is 15.0 Å². The molecule has 94 valence electrons. The number of phenolic OH excluding ortho intramolecular Hbond substituents is 2. The number of hydrogen-bond acceptors (Lipinski definition) is 5. The number of ether oxygens (including phenoxy) is 2. The number of Topliss-reactive ketones (excluding diaryl/α,β-unsaturated/α-hetero) is 1. The third kappa shape index (κ3) is 1.51. The van der Waals surface area contributed by atoms with Crippen LogP contribution in [0.2, 0.25) is 0 Å². The number of aromatic hydroxyl groups is 2. The fourth-order valence-electron chi connectivity index (χ4n) is 2.20. The van der Waals surface area contributed by atoms with E-state index in [1.54, 1.807) is 0 Å². The summed E-state index contributed by atoms with van der Waals surface area (Å²) in [4.78, 5) is 11.9. The number of hydrogen-bond donors (Lipinski definition) is 2. The van der Waals surface area contributed by atoms with Gasteiger partial charge in [-0.3, -0.25) is 4.79 Å². The minimum absolute atomic E-state index is 0.00182. The Balaban J connectivity index is 2.18. The molecule has 2 heterocycles. The van der Waals surface area contributed by atoms with Crippen molar-refractivity contribution in [3.05, 3.63) is 23.3 Å². The minimum Gasteiger partial charge on any atom is -0.504 e. The van der Waals surface area contributed by atoms with Crippen molar-refractivity contribution in [3.63, 3.8) is 0 Å². The van der Waals surface area contributed by atoms with Gasteiger partial charge in [0.15, 0.2) is 17.3 Å². The summed E-state index contributed by atoms with van der Waals surface area (Å²) < 4.78 is 11.1. The number of fused-ring (bicyclic) bond motifs is 2. The van der Waals surface area contributed by atoms with E-state index in [-0.39, 0.29) is 30.0 Å². The van der Waals surface area contributed by atoms with E-state index in [2.05, 4.69) is 0 Å². The number of rotatable bonds is 0. The summed E-state index contributed by atoms with van der Waals surface area (Å²) in [5, 5.41) is 19.0. The molecule has 18 heavy (non-hydrogen) atoms. The molecular formula is C13H12O5. The standard InChI is InChI=1S/C13H12O5/c1-6-2-9(14)8-5-17-12-4-11(16)10(15)3-7(12)13(8)18-6/h3-4,6,15-16H,2,5H2,1H3/t6-/m1/s1. The SMILES string of the molecule is C[C@@H]1CC(=O)C2=C(O1)c1cc(O)c(O)cc1OC2. The molecule has 2 aliphatic heterocycles. The Morgan fingerprint density at radius 3 is 2.78 bits per heavy atom. The van der Waals surface area contributed by atoms with Crippen LogP contribution >= 0.6 is 0 Å². The Morgan fingerprint density at radius 1 is 1.28 bits per heavy atom. The van der Waals surface area contributed by atoms with Crippen molar-refractivity contribution < 1.29 is 24.5 Å². The summed E-state index contributed by atoms with van der Waals surface area (Å²) in [5.74, 6) is 0.344. The predicted octanol–water partition coefficient (Wildman–Crippen LogP) is 1.58. The van der Waals surface area contributed by atoms with Crippen LogP contribution in [0.4, 0.5) is 0 Å². The summed E-state index contributed by atoms with van der Waals surface area (Å²) in [7, 11) is 0. The van der Waals surface area contributed by atoms with Crippen LogP contribution in [0.3, 0.4) is 0 Å². The average Bonchev–Trinajstić information content (AvgIpc) is 2.30. The smallest absolute Gasteiger partial charge is 0.169 e. The van der Waals surface area contributed by atoms with Gasteiger partial charge in [-0.15, -0.1) is 0 Å². The molecule has 0 spiro atoms. The first-order valence-electron chi connectivity index (χ1n) is 5.68. The molecule has 2 aliphatic rings. The molecule has 0 saturated carbocycles. The second kappa shape index (κ2) is 3.66. The van der Waals surface area contributed by atoms with E-state index < -0.39 is 0 Å². The highest BCUT2D eigenvalue weighted by Gasteiger charge is 2.33. The summed E-state index contributed by atoms with van der Waals surface area (Å²) in [6, 6.07) is 2.67. The zero-order chi connectivity index (χ0) is 12.9. The Kier molecular flexibility index (Phi) is 2.23. The van der Waals surface area contributed by atoms with Crippen LogP contribution in [0.5, 0.6) is 17.2 Å². The summed E-state index contributed by atoms with van der Waals surface area (Å²) in [5.41, 5.74) is 0.997. The Labute approximate surface area is 103 Å². The highest BCUT2D eigenvalue weighted by Crippen LogP contribution is 2.42. The quantitative estimate of drug-likeness (QED) is 0.682.